The summed E-state index contributed by atoms with van der Waals surface area (Å²) in [5, 5.41) is 6.13. The fourth-order valence-corrected chi connectivity index (χ4v) is 4.38. The number of nitrogens with one attached hydrogen (secondary N) is 2. The van der Waals surface area contributed by atoms with Crippen molar-refractivity contribution >= 4 is 40.8 Å². The molecule has 9 nitrogen and oxygen atoms in total. The van der Waals surface area contributed by atoms with E-state index >= 15 is 0 Å². The van der Waals surface area contributed by atoms with E-state index in [0.29, 0.717) is 55.4 Å². The second-order valence-corrected chi connectivity index (χ2v) is 9.36. The largest absolute Gasteiger partial charge is 0.339 e. The first-order valence-electron chi connectivity index (χ1n) is 14.3. The number of benzene rings is 3. The molecule has 0 bridgehead atoms. The Kier molecular flexibility index (Phi) is 12.0. The second-order valence-electron chi connectivity index (χ2n) is 9.36. The van der Waals surface area contributed by atoms with Gasteiger partial charge in [0.2, 0.25) is 11.9 Å². The minimum absolute atomic E-state index is 0.0363. The molecule has 0 saturated carbocycles. The molecule has 9 heteroatoms. The molecule has 1 saturated heterocycles. The lowest BCUT2D eigenvalue weighted by atomic mass is 10.1. The van der Waals surface area contributed by atoms with Crippen molar-refractivity contribution in [2.75, 3.05) is 43.9 Å². The van der Waals surface area contributed by atoms with Gasteiger partial charge in [0.25, 0.3) is 11.8 Å². The van der Waals surface area contributed by atoms with Gasteiger partial charge < -0.3 is 20.4 Å². The first-order chi connectivity index (χ1) is 20.4. The number of amides is 3. The third-order valence-corrected chi connectivity index (χ3v) is 6.70. The number of hydrogen-bond acceptors (Lipinski definition) is 4. The lowest BCUT2D eigenvalue weighted by molar-refractivity contribution is -0.130. The van der Waals surface area contributed by atoms with Crippen molar-refractivity contribution in [2.24, 2.45) is 9.98 Å². The van der Waals surface area contributed by atoms with Gasteiger partial charge in [-0.05, 0) is 60.5 Å². The van der Waals surface area contributed by atoms with E-state index in [9.17, 15) is 14.4 Å². The van der Waals surface area contributed by atoms with Crippen molar-refractivity contribution in [1.82, 2.24) is 9.80 Å². The van der Waals surface area contributed by atoms with Crippen LogP contribution >= 0.6 is 0 Å². The van der Waals surface area contributed by atoms with Crippen molar-refractivity contribution in [2.45, 2.75) is 34.1 Å². The lowest BCUT2D eigenvalue weighted by Gasteiger charge is -2.34. The molecule has 0 aliphatic carbocycles. The quantitative estimate of drug-likeness (QED) is 0.300. The maximum atomic E-state index is 12.9. The Balaban J connectivity index is 0.00000237. The van der Waals surface area contributed by atoms with Crippen LogP contribution in [0.15, 0.2) is 88.8 Å². The number of piperazine rings is 1. The van der Waals surface area contributed by atoms with Crippen molar-refractivity contribution in [1.29, 1.82) is 0 Å². The van der Waals surface area contributed by atoms with Crippen LogP contribution in [0.5, 0.6) is 0 Å². The second kappa shape index (κ2) is 15.9. The smallest absolute Gasteiger partial charge is 0.255 e. The number of hydrogen-bond donors (Lipinski definition) is 2. The molecule has 42 heavy (non-hydrogen) atoms. The zero-order chi connectivity index (χ0) is 30.5. The van der Waals surface area contributed by atoms with Crippen LogP contribution in [0.4, 0.5) is 11.4 Å². The predicted octanol–water partition coefficient (Wildman–Crippen LogP) is 5.57. The molecule has 2 N–H and O–H groups in total. The van der Waals surface area contributed by atoms with Crippen molar-refractivity contribution < 1.29 is 14.4 Å². The fraction of sp³-hybridized carbons (Fsp3) is 0.303. The molecule has 0 atom stereocenters. The van der Waals surface area contributed by atoms with Gasteiger partial charge in [0.05, 0.1) is 5.71 Å². The fourth-order valence-electron chi connectivity index (χ4n) is 4.38. The van der Waals surface area contributed by atoms with E-state index < -0.39 is 0 Å². The molecular formula is C33H40N6O3. The lowest BCUT2D eigenvalue weighted by Crippen LogP contribution is -2.50. The van der Waals surface area contributed by atoms with E-state index in [0.717, 1.165) is 17.0 Å². The molecule has 0 unspecified atom stereocenters. The van der Waals surface area contributed by atoms with Gasteiger partial charge in [0.15, 0.2) is 0 Å². The van der Waals surface area contributed by atoms with E-state index in [1.165, 1.54) is 0 Å². The summed E-state index contributed by atoms with van der Waals surface area (Å²) in [4.78, 5) is 49.4. The van der Waals surface area contributed by atoms with Crippen LogP contribution in [0.25, 0.3) is 0 Å². The average molecular weight is 569 g/mol. The van der Waals surface area contributed by atoms with Crippen LogP contribution in [-0.4, -0.2) is 72.4 Å². The SMILES string of the molecule is CC.CC/C(=N\C(=NC)Nc1ccc(C(=O)N2CCN(C(C)=O)CC2)cc1)c1ccc(NC(=O)c2ccccc2)cc1. The maximum Gasteiger partial charge on any atom is 0.255 e. The number of anilines is 2. The van der Waals surface area contributed by atoms with Gasteiger partial charge in [-0.1, -0.05) is 51.1 Å². The van der Waals surface area contributed by atoms with E-state index in [4.69, 9.17) is 4.99 Å². The van der Waals surface area contributed by atoms with Crippen LogP contribution in [0.3, 0.4) is 0 Å². The molecule has 1 aliphatic rings. The predicted molar refractivity (Wildman–Crippen MR) is 171 cm³/mol. The zero-order valence-corrected chi connectivity index (χ0v) is 25.1. The number of carbonyl (C=O) groups is 3. The van der Waals surface area contributed by atoms with Gasteiger partial charge in [0.1, 0.15) is 0 Å². The van der Waals surface area contributed by atoms with E-state index in [2.05, 4.69) is 15.6 Å². The average Bonchev–Trinajstić information content (AvgIpc) is 3.05. The van der Waals surface area contributed by atoms with Crippen LogP contribution in [0, 0.1) is 0 Å². The molecule has 1 aliphatic heterocycles. The normalized spacial score (nSPS) is 13.5. The van der Waals surface area contributed by atoms with Crippen LogP contribution in [0.1, 0.15) is 60.4 Å². The molecule has 3 aromatic carbocycles. The summed E-state index contributed by atoms with van der Waals surface area (Å²) < 4.78 is 0. The number of guanidine groups is 1. The highest BCUT2D eigenvalue weighted by molar-refractivity contribution is 6.10. The Labute approximate surface area is 248 Å². The number of nitrogens with zero attached hydrogens (tertiary/aromatic N) is 4. The minimum atomic E-state index is -0.161. The molecule has 3 amide bonds. The molecule has 0 radical (unpaired) electrons. The van der Waals surface area contributed by atoms with E-state index in [-0.39, 0.29) is 17.7 Å². The highest BCUT2D eigenvalue weighted by Gasteiger charge is 2.23. The Morgan fingerprint density at radius 1 is 0.714 bits per heavy atom. The summed E-state index contributed by atoms with van der Waals surface area (Å²) in [5.74, 6) is 0.270. The van der Waals surface area contributed by atoms with Gasteiger partial charge in [-0.15, -0.1) is 0 Å². The van der Waals surface area contributed by atoms with Gasteiger partial charge in [-0.3, -0.25) is 19.4 Å². The summed E-state index contributed by atoms with van der Waals surface area (Å²) in [6.45, 7) is 9.74. The van der Waals surface area contributed by atoms with Crippen LogP contribution < -0.4 is 10.6 Å². The van der Waals surface area contributed by atoms with Gasteiger partial charge in [-0.2, -0.15) is 0 Å². The standard InChI is InChI=1S/C31H34N6O3.C2H6/c1-4-28(23-10-14-26(15-11-23)33-29(39)24-8-6-5-7-9-24)35-31(32-3)34-27-16-12-25(13-17-27)30(40)37-20-18-36(19-21-37)22(2)38;1-2/h5-17H,4,18-21H2,1-3H3,(H,32,34)(H,33,39);1-2H3/b35-28+;. The van der Waals surface area contributed by atoms with Crippen LogP contribution in [0.2, 0.25) is 0 Å². The number of aliphatic imine (C=N–C) groups is 2. The molecular weight excluding hydrogens is 528 g/mol. The van der Waals surface area contributed by atoms with Crippen molar-refractivity contribution in [3.8, 4) is 0 Å². The van der Waals surface area contributed by atoms with Crippen LogP contribution in [-0.2, 0) is 4.79 Å². The number of carbonyl (C=O) groups excluding carboxylic acids is 3. The zero-order valence-electron chi connectivity index (χ0n) is 25.1. The molecule has 0 aromatic heterocycles. The van der Waals surface area contributed by atoms with E-state index in [1.807, 2.05) is 75.4 Å². The first kappa shape index (κ1) is 31.7. The third-order valence-electron chi connectivity index (χ3n) is 6.70. The Bertz CT molecular complexity index is 1390. The number of rotatable bonds is 6. The highest BCUT2D eigenvalue weighted by Crippen LogP contribution is 2.16. The van der Waals surface area contributed by atoms with Crippen molar-refractivity contribution in [3.63, 3.8) is 0 Å². The Hall–Kier alpha value is -4.79. The maximum absolute atomic E-state index is 12.9. The van der Waals surface area contributed by atoms with Crippen molar-refractivity contribution in [3.05, 3.63) is 95.6 Å². The Morgan fingerprint density at radius 3 is 1.76 bits per heavy atom. The molecule has 3 aromatic rings. The Morgan fingerprint density at radius 2 is 1.24 bits per heavy atom. The minimum Gasteiger partial charge on any atom is -0.339 e. The topological polar surface area (TPSA) is 106 Å². The van der Waals surface area contributed by atoms with Gasteiger partial charge in [0, 0.05) is 62.7 Å². The first-order valence-corrected chi connectivity index (χ1v) is 14.3. The summed E-state index contributed by atoms with van der Waals surface area (Å²) >= 11 is 0. The third kappa shape index (κ3) is 8.60. The molecule has 0 spiro atoms. The van der Waals surface area contributed by atoms with Gasteiger partial charge in [-0.25, -0.2) is 4.99 Å². The summed E-state index contributed by atoms with van der Waals surface area (Å²) in [5.41, 5.74) is 4.42. The molecule has 220 valence electrons. The molecule has 4 rings (SSSR count). The highest BCUT2D eigenvalue weighted by atomic mass is 16.2. The summed E-state index contributed by atoms with van der Waals surface area (Å²) in [6, 6.07) is 23.9. The summed E-state index contributed by atoms with van der Waals surface area (Å²) in [6.07, 6.45) is 0.681. The van der Waals surface area contributed by atoms with E-state index in [1.54, 1.807) is 48.0 Å². The summed E-state index contributed by atoms with van der Waals surface area (Å²) in [7, 11) is 1.67. The van der Waals surface area contributed by atoms with Gasteiger partial charge >= 0.3 is 0 Å². The molecule has 1 fully saturated rings. The monoisotopic (exact) mass is 568 g/mol. The molecule has 1 heterocycles.